The maximum atomic E-state index is 13.8. The van der Waals surface area contributed by atoms with Gasteiger partial charge in [-0.05, 0) is 72.8 Å². The molecule has 1 aromatic heterocycles. The number of nitrogens with one attached hydrogen (secondary N) is 1. The van der Waals surface area contributed by atoms with Gasteiger partial charge in [-0.15, -0.1) is 11.8 Å². The molecule has 0 spiro atoms. The van der Waals surface area contributed by atoms with Crippen LogP contribution in [0.4, 0.5) is 10.5 Å². The summed E-state index contributed by atoms with van der Waals surface area (Å²) in [6.45, 7) is 3.08. The van der Waals surface area contributed by atoms with Crippen LogP contribution in [0.15, 0.2) is 96.0 Å². The first-order chi connectivity index (χ1) is 16.7. The molecule has 4 aromatic rings. The normalized spacial score (nSPS) is 14.6. The Hall–Kier alpha value is -3.64. The van der Waals surface area contributed by atoms with Gasteiger partial charge in [0.05, 0.1) is 24.9 Å². The third-order valence-electron chi connectivity index (χ3n) is 6.05. The van der Waals surface area contributed by atoms with Gasteiger partial charge in [0.2, 0.25) is 0 Å². The number of hydrogen-bond donors (Lipinski definition) is 1. The third kappa shape index (κ3) is 4.29. The molecule has 5 rings (SSSR count). The molecule has 3 aromatic carbocycles. The quantitative estimate of drug-likeness (QED) is 0.330. The largest absolute Gasteiger partial charge is 0.494 e. The lowest BCUT2D eigenvalue weighted by atomic mass is 10.0. The van der Waals surface area contributed by atoms with E-state index in [9.17, 15) is 4.79 Å². The number of fused-ring (bicyclic) bond motifs is 3. The van der Waals surface area contributed by atoms with E-state index in [1.807, 2.05) is 72.7 Å². The average molecular weight is 470 g/mol. The number of thioether (sulfide) groups is 1. The summed E-state index contributed by atoms with van der Waals surface area (Å²) in [5, 5.41) is 3.14. The standard InChI is InChI=1S/C28H27N3O2S/c1-3-33-23-15-13-20(14-16-23)27-26-12-7-17-30(26)25-11-5-4-8-21(25)19-31(27)28(32)29-22-9-6-10-24(18-22)34-2/h4-18,27H,3,19H2,1-2H3,(H,29,32)/t27-/m1/s1. The SMILES string of the molecule is CCOc1ccc([C@@H]2c3cccn3-c3ccccc3CN2C(=O)Nc2cccc(SC)c2)cc1. The number of urea groups is 1. The molecule has 1 aliphatic heterocycles. The number of carbonyl (C=O) groups excluding carboxylic acids is 1. The maximum Gasteiger partial charge on any atom is 0.322 e. The van der Waals surface area contributed by atoms with Gasteiger partial charge >= 0.3 is 6.03 Å². The zero-order valence-corrected chi connectivity index (χ0v) is 20.1. The van der Waals surface area contributed by atoms with Gasteiger partial charge in [0.25, 0.3) is 0 Å². The second-order valence-electron chi connectivity index (χ2n) is 8.13. The van der Waals surface area contributed by atoms with Gasteiger partial charge in [-0.2, -0.15) is 0 Å². The first kappa shape index (κ1) is 22.2. The molecule has 1 atom stereocenters. The fraction of sp³-hybridized carbons (Fsp3) is 0.179. The van der Waals surface area contributed by atoms with Gasteiger partial charge in [0, 0.05) is 22.5 Å². The lowest BCUT2D eigenvalue weighted by Crippen LogP contribution is -2.37. The Morgan fingerprint density at radius 2 is 1.85 bits per heavy atom. The fourth-order valence-corrected chi connectivity index (χ4v) is 4.96. The van der Waals surface area contributed by atoms with Crippen molar-refractivity contribution in [2.75, 3.05) is 18.2 Å². The van der Waals surface area contributed by atoms with Crippen molar-refractivity contribution in [3.05, 3.63) is 108 Å². The molecular formula is C28H27N3O2S. The first-order valence-electron chi connectivity index (χ1n) is 11.4. The Balaban J connectivity index is 1.58. The van der Waals surface area contributed by atoms with E-state index in [1.54, 1.807) is 11.8 Å². The first-order valence-corrected chi connectivity index (χ1v) is 12.6. The van der Waals surface area contributed by atoms with Crippen molar-refractivity contribution in [2.45, 2.75) is 24.4 Å². The van der Waals surface area contributed by atoms with Crippen molar-refractivity contribution < 1.29 is 9.53 Å². The number of rotatable bonds is 5. The third-order valence-corrected chi connectivity index (χ3v) is 6.78. The average Bonchev–Trinajstić information content (AvgIpc) is 3.29. The van der Waals surface area contributed by atoms with Crippen LogP contribution in [0, 0.1) is 0 Å². The second kappa shape index (κ2) is 9.69. The molecule has 0 saturated heterocycles. The van der Waals surface area contributed by atoms with Gasteiger partial charge < -0.3 is 19.5 Å². The van der Waals surface area contributed by atoms with Crippen LogP contribution in [0.3, 0.4) is 0 Å². The molecular weight excluding hydrogens is 442 g/mol. The zero-order valence-electron chi connectivity index (χ0n) is 19.3. The number of anilines is 1. The van der Waals surface area contributed by atoms with E-state index in [4.69, 9.17) is 4.74 Å². The highest BCUT2D eigenvalue weighted by atomic mass is 32.2. The Bertz CT molecular complexity index is 1300. The zero-order chi connectivity index (χ0) is 23.5. The highest BCUT2D eigenvalue weighted by Crippen LogP contribution is 2.37. The van der Waals surface area contributed by atoms with Crippen molar-refractivity contribution in [3.63, 3.8) is 0 Å². The molecule has 6 heteroatoms. The Morgan fingerprint density at radius 1 is 1.03 bits per heavy atom. The summed E-state index contributed by atoms with van der Waals surface area (Å²) in [5.74, 6) is 0.823. The molecule has 2 amide bonds. The number of nitrogens with zero attached hydrogens (tertiary/aromatic N) is 2. The minimum absolute atomic E-state index is 0.137. The van der Waals surface area contributed by atoms with Crippen LogP contribution in [0.1, 0.15) is 29.8 Å². The number of ether oxygens (including phenoxy) is 1. The van der Waals surface area contributed by atoms with Gasteiger partial charge in [-0.25, -0.2) is 4.79 Å². The Kier molecular flexibility index (Phi) is 6.32. The molecule has 172 valence electrons. The summed E-state index contributed by atoms with van der Waals surface area (Å²) in [5.41, 5.74) is 5.06. The van der Waals surface area contributed by atoms with E-state index in [0.29, 0.717) is 13.2 Å². The van der Waals surface area contributed by atoms with E-state index in [-0.39, 0.29) is 12.1 Å². The highest BCUT2D eigenvalue weighted by molar-refractivity contribution is 7.98. The molecule has 1 aliphatic rings. The minimum atomic E-state index is -0.262. The molecule has 2 heterocycles. The van der Waals surface area contributed by atoms with Gasteiger partial charge in [-0.1, -0.05) is 36.4 Å². The van der Waals surface area contributed by atoms with E-state index in [0.717, 1.165) is 38.8 Å². The number of aromatic nitrogens is 1. The summed E-state index contributed by atoms with van der Waals surface area (Å²) in [4.78, 5) is 16.8. The predicted octanol–water partition coefficient (Wildman–Crippen LogP) is 6.74. The highest BCUT2D eigenvalue weighted by Gasteiger charge is 2.33. The summed E-state index contributed by atoms with van der Waals surface area (Å²) in [6, 6.07) is 28.0. The molecule has 0 bridgehead atoms. The number of hydrogen-bond acceptors (Lipinski definition) is 3. The van der Waals surface area contributed by atoms with Crippen LogP contribution in [0.2, 0.25) is 0 Å². The molecule has 0 radical (unpaired) electrons. The number of amides is 2. The van der Waals surface area contributed by atoms with Crippen LogP contribution < -0.4 is 10.1 Å². The van der Waals surface area contributed by atoms with Gasteiger partial charge in [0.1, 0.15) is 5.75 Å². The molecule has 0 unspecified atom stereocenters. The topological polar surface area (TPSA) is 46.5 Å². The smallest absolute Gasteiger partial charge is 0.322 e. The number of benzene rings is 3. The summed E-state index contributed by atoms with van der Waals surface area (Å²) < 4.78 is 7.85. The van der Waals surface area contributed by atoms with E-state index in [2.05, 4.69) is 46.4 Å². The van der Waals surface area contributed by atoms with E-state index < -0.39 is 0 Å². The second-order valence-corrected chi connectivity index (χ2v) is 9.01. The van der Waals surface area contributed by atoms with E-state index >= 15 is 0 Å². The Morgan fingerprint density at radius 3 is 2.65 bits per heavy atom. The summed E-state index contributed by atoms with van der Waals surface area (Å²) >= 11 is 1.65. The number of para-hydroxylation sites is 1. The predicted molar refractivity (Wildman–Crippen MR) is 138 cm³/mol. The number of carbonyl (C=O) groups is 1. The van der Waals surface area contributed by atoms with Crippen LogP contribution >= 0.6 is 11.8 Å². The van der Waals surface area contributed by atoms with Crippen molar-refractivity contribution in [1.82, 2.24) is 9.47 Å². The van der Waals surface area contributed by atoms with E-state index in [1.165, 1.54) is 0 Å². The Labute approximate surface area is 204 Å². The summed E-state index contributed by atoms with van der Waals surface area (Å²) in [7, 11) is 0. The van der Waals surface area contributed by atoms with Crippen molar-refractivity contribution in [1.29, 1.82) is 0 Å². The van der Waals surface area contributed by atoms with Crippen LogP contribution in [-0.4, -0.2) is 28.4 Å². The van der Waals surface area contributed by atoms with Crippen LogP contribution in [-0.2, 0) is 6.54 Å². The minimum Gasteiger partial charge on any atom is -0.494 e. The fourth-order valence-electron chi connectivity index (χ4n) is 4.50. The molecule has 1 N–H and O–H groups in total. The van der Waals surface area contributed by atoms with Gasteiger partial charge in [0.15, 0.2) is 0 Å². The molecule has 0 aliphatic carbocycles. The molecule has 34 heavy (non-hydrogen) atoms. The summed E-state index contributed by atoms with van der Waals surface area (Å²) in [6.07, 6.45) is 4.10. The monoisotopic (exact) mass is 469 g/mol. The lowest BCUT2D eigenvalue weighted by molar-refractivity contribution is 0.194. The maximum absolute atomic E-state index is 13.8. The van der Waals surface area contributed by atoms with Crippen molar-refractivity contribution >= 4 is 23.5 Å². The molecule has 0 saturated carbocycles. The van der Waals surface area contributed by atoms with Crippen molar-refractivity contribution in [2.24, 2.45) is 0 Å². The molecule has 0 fully saturated rings. The van der Waals surface area contributed by atoms with Crippen LogP contribution in [0.5, 0.6) is 5.75 Å². The lowest BCUT2D eigenvalue weighted by Gasteiger charge is -2.31. The van der Waals surface area contributed by atoms with Crippen molar-refractivity contribution in [3.8, 4) is 11.4 Å². The molecule has 5 nitrogen and oxygen atoms in total. The van der Waals surface area contributed by atoms with Gasteiger partial charge in [-0.3, -0.25) is 0 Å². The van der Waals surface area contributed by atoms with Crippen LogP contribution in [0.25, 0.3) is 5.69 Å².